The molecule has 0 aliphatic heterocycles. The van der Waals surface area contributed by atoms with Gasteiger partial charge in [-0.3, -0.25) is 0 Å². The lowest BCUT2D eigenvalue weighted by atomic mass is 9.93. The second kappa shape index (κ2) is 6.18. The Kier molecular flexibility index (Phi) is 4.56. The van der Waals surface area contributed by atoms with Crippen LogP contribution in [-0.4, -0.2) is 7.05 Å². The molecule has 1 unspecified atom stereocenters. The molecule has 0 saturated heterocycles. The summed E-state index contributed by atoms with van der Waals surface area (Å²) in [7, 11) is 1.86. The molecule has 0 aliphatic rings. The SMILES string of the molecule is CCc1ccccc1C(NC)c1cc(F)ccc1Cl. The lowest BCUT2D eigenvalue weighted by molar-refractivity contribution is 0.616. The summed E-state index contributed by atoms with van der Waals surface area (Å²) >= 11 is 6.21. The summed E-state index contributed by atoms with van der Waals surface area (Å²) in [6, 6.07) is 12.5. The normalized spacial score (nSPS) is 12.4. The summed E-state index contributed by atoms with van der Waals surface area (Å²) in [5, 5.41) is 3.80. The minimum atomic E-state index is -0.270. The average Bonchev–Trinajstić information content (AvgIpc) is 2.44. The van der Waals surface area contributed by atoms with Crippen LogP contribution < -0.4 is 5.32 Å². The van der Waals surface area contributed by atoms with Gasteiger partial charge in [-0.05, 0) is 48.4 Å². The Morgan fingerprint density at radius 1 is 1.16 bits per heavy atom. The molecule has 0 aliphatic carbocycles. The van der Waals surface area contributed by atoms with Gasteiger partial charge in [0.1, 0.15) is 5.82 Å². The number of rotatable bonds is 4. The fraction of sp³-hybridized carbons (Fsp3) is 0.250. The number of aryl methyl sites for hydroxylation is 1. The first kappa shape index (κ1) is 14.0. The van der Waals surface area contributed by atoms with E-state index in [1.165, 1.54) is 17.7 Å². The Bertz CT molecular complexity index is 568. The van der Waals surface area contributed by atoms with Crippen LogP contribution >= 0.6 is 11.6 Å². The summed E-state index contributed by atoms with van der Waals surface area (Å²) < 4.78 is 13.5. The molecule has 0 amide bonds. The van der Waals surface area contributed by atoms with Crippen molar-refractivity contribution in [3.63, 3.8) is 0 Å². The van der Waals surface area contributed by atoms with Crippen molar-refractivity contribution < 1.29 is 4.39 Å². The minimum Gasteiger partial charge on any atom is -0.309 e. The molecule has 0 aromatic heterocycles. The quantitative estimate of drug-likeness (QED) is 0.876. The van der Waals surface area contributed by atoms with Crippen molar-refractivity contribution >= 4 is 11.6 Å². The molecule has 1 N–H and O–H groups in total. The van der Waals surface area contributed by atoms with E-state index in [1.807, 2.05) is 19.2 Å². The topological polar surface area (TPSA) is 12.0 Å². The monoisotopic (exact) mass is 277 g/mol. The summed E-state index contributed by atoms with van der Waals surface area (Å²) in [5.41, 5.74) is 3.15. The summed E-state index contributed by atoms with van der Waals surface area (Å²) in [6.45, 7) is 2.11. The molecule has 1 nitrogen and oxygen atoms in total. The summed E-state index contributed by atoms with van der Waals surface area (Å²) in [5.74, 6) is -0.270. The Hall–Kier alpha value is -1.38. The van der Waals surface area contributed by atoms with Gasteiger partial charge in [0.05, 0.1) is 6.04 Å². The van der Waals surface area contributed by atoms with Crippen molar-refractivity contribution in [2.24, 2.45) is 0 Å². The van der Waals surface area contributed by atoms with E-state index in [4.69, 9.17) is 11.6 Å². The third-order valence-corrected chi connectivity index (χ3v) is 3.65. The highest BCUT2D eigenvalue weighted by molar-refractivity contribution is 6.31. The summed E-state index contributed by atoms with van der Waals surface area (Å²) in [6.07, 6.45) is 0.932. The Morgan fingerprint density at radius 3 is 2.58 bits per heavy atom. The molecule has 3 heteroatoms. The number of hydrogen-bond donors (Lipinski definition) is 1. The van der Waals surface area contributed by atoms with E-state index in [2.05, 4.69) is 24.4 Å². The van der Waals surface area contributed by atoms with Gasteiger partial charge in [-0.1, -0.05) is 42.8 Å². The van der Waals surface area contributed by atoms with E-state index < -0.39 is 0 Å². The largest absolute Gasteiger partial charge is 0.309 e. The molecule has 1 atom stereocenters. The van der Waals surface area contributed by atoms with Crippen molar-refractivity contribution in [3.8, 4) is 0 Å². The van der Waals surface area contributed by atoms with Gasteiger partial charge in [0, 0.05) is 5.02 Å². The fourth-order valence-electron chi connectivity index (χ4n) is 2.35. The number of hydrogen-bond acceptors (Lipinski definition) is 1. The van der Waals surface area contributed by atoms with E-state index in [-0.39, 0.29) is 11.9 Å². The van der Waals surface area contributed by atoms with Crippen molar-refractivity contribution in [1.29, 1.82) is 0 Å². The molecule has 0 spiro atoms. The zero-order valence-electron chi connectivity index (χ0n) is 11.1. The maximum absolute atomic E-state index is 13.5. The van der Waals surface area contributed by atoms with Crippen LogP contribution in [0.5, 0.6) is 0 Å². The summed E-state index contributed by atoms with van der Waals surface area (Å²) in [4.78, 5) is 0. The van der Waals surface area contributed by atoms with Crippen LogP contribution in [0.2, 0.25) is 5.02 Å². The molecule has 0 saturated carbocycles. The van der Waals surface area contributed by atoms with Crippen molar-refractivity contribution in [2.75, 3.05) is 7.05 Å². The molecule has 19 heavy (non-hydrogen) atoms. The van der Waals surface area contributed by atoms with E-state index in [1.54, 1.807) is 6.07 Å². The minimum absolute atomic E-state index is 0.0978. The Morgan fingerprint density at radius 2 is 1.89 bits per heavy atom. The van der Waals surface area contributed by atoms with E-state index >= 15 is 0 Å². The molecular formula is C16H17ClFN. The smallest absolute Gasteiger partial charge is 0.123 e. The number of nitrogens with one attached hydrogen (secondary N) is 1. The maximum Gasteiger partial charge on any atom is 0.123 e. The van der Waals surface area contributed by atoms with E-state index in [9.17, 15) is 4.39 Å². The first-order chi connectivity index (χ1) is 9.17. The van der Waals surface area contributed by atoms with Crippen molar-refractivity contribution in [1.82, 2.24) is 5.32 Å². The molecule has 2 aromatic rings. The lowest BCUT2D eigenvalue weighted by Crippen LogP contribution is -2.19. The Balaban J connectivity index is 2.53. The second-order valence-corrected chi connectivity index (χ2v) is 4.85. The fourth-order valence-corrected chi connectivity index (χ4v) is 2.58. The van der Waals surface area contributed by atoms with Crippen LogP contribution in [0, 0.1) is 5.82 Å². The molecule has 2 aromatic carbocycles. The van der Waals surface area contributed by atoms with Crippen LogP contribution in [-0.2, 0) is 6.42 Å². The van der Waals surface area contributed by atoms with Crippen LogP contribution in [0.25, 0.3) is 0 Å². The zero-order valence-corrected chi connectivity index (χ0v) is 11.8. The van der Waals surface area contributed by atoms with E-state index in [0.29, 0.717) is 5.02 Å². The highest BCUT2D eigenvalue weighted by Crippen LogP contribution is 2.30. The van der Waals surface area contributed by atoms with Crippen LogP contribution in [0.1, 0.15) is 29.7 Å². The van der Waals surface area contributed by atoms with Gasteiger partial charge in [-0.2, -0.15) is 0 Å². The molecule has 100 valence electrons. The third-order valence-electron chi connectivity index (χ3n) is 3.30. The molecule has 0 bridgehead atoms. The van der Waals surface area contributed by atoms with Crippen LogP contribution in [0.4, 0.5) is 4.39 Å². The first-order valence-electron chi connectivity index (χ1n) is 6.37. The van der Waals surface area contributed by atoms with Crippen molar-refractivity contribution in [2.45, 2.75) is 19.4 Å². The molecular weight excluding hydrogens is 261 g/mol. The highest BCUT2D eigenvalue weighted by Gasteiger charge is 2.18. The van der Waals surface area contributed by atoms with Crippen LogP contribution in [0.15, 0.2) is 42.5 Å². The van der Waals surface area contributed by atoms with Gasteiger partial charge in [-0.15, -0.1) is 0 Å². The predicted molar refractivity (Wildman–Crippen MR) is 78.1 cm³/mol. The van der Waals surface area contributed by atoms with Gasteiger partial charge in [0.2, 0.25) is 0 Å². The highest BCUT2D eigenvalue weighted by atomic mass is 35.5. The molecule has 2 rings (SSSR count). The standard InChI is InChI=1S/C16H17ClFN/c1-3-11-6-4-5-7-13(11)16(19-2)14-10-12(18)8-9-15(14)17/h4-10,16,19H,3H2,1-2H3. The predicted octanol–water partition coefficient (Wildman–Crippen LogP) is 4.35. The van der Waals surface area contributed by atoms with Crippen molar-refractivity contribution in [3.05, 3.63) is 70.0 Å². The van der Waals surface area contributed by atoms with Crippen LogP contribution in [0.3, 0.4) is 0 Å². The Labute approximate surface area is 118 Å². The second-order valence-electron chi connectivity index (χ2n) is 4.44. The third kappa shape index (κ3) is 2.96. The van der Waals surface area contributed by atoms with Gasteiger partial charge in [0.15, 0.2) is 0 Å². The van der Waals surface area contributed by atoms with Gasteiger partial charge >= 0.3 is 0 Å². The molecule has 0 radical (unpaired) electrons. The zero-order chi connectivity index (χ0) is 13.8. The van der Waals surface area contributed by atoms with E-state index in [0.717, 1.165) is 17.5 Å². The average molecular weight is 278 g/mol. The van der Waals surface area contributed by atoms with Gasteiger partial charge in [-0.25, -0.2) is 4.39 Å². The molecule has 0 fully saturated rings. The number of halogens is 2. The van der Waals surface area contributed by atoms with Gasteiger partial charge < -0.3 is 5.32 Å². The number of benzene rings is 2. The maximum atomic E-state index is 13.5. The molecule has 0 heterocycles. The lowest BCUT2D eigenvalue weighted by Gasteiger charge is -2.21. The van der Waals surface area contributed by atoms with Gasteiger partial charge in [0.25, 0.3) is 0 Å². The first-order valence-corrected chi connectivity index (χ1v) is 6.75.